The van der Waals surface area contributed by atoms with Crippen molar-refractivity contribution in [3.63, 3.8) is 0 Å². The highest BCUT2D eigenvalue weighted by Crippen LogP contribution is 2.21. The van der Waals surface area contributed by atoms with E-state index in [1.807, 2.05) is 0 Å². The number of anilines is 1. The molecule has 0 amide bonds. The molecule has 0 aliphatic rings. The number of nitrogens with zero attached hydrogens (tertiary/aromatic N) is 4. The van der Waals surface area contributed by atoms with E-state index < -0.39 is 24.9 Å². The van der Waals surface area contributed by atoms with E-state index in [1.54, 1.807) is 14.0 Å². The fraction of sp³-hybridized carbons (Fsp3) is 0.333. The second-order valence-corrected chi connectivity index (χ2v) is 7.56. The number of rotatable bonds is 4. The molecule has 2 aromatic rings. The molecule has 2 rings (SSSR count). The zero-order valence-electron chi connectivity index (χ0n) is 11.5. The molecule has 0 aromatic carbocycles. The monoisotopic (exact) mass is 334 g/mol. The number of hydrogen-bond donors (Lipinski definition) is 2. The van der Waals surface area contributed by atoms with Crippen LogP contribution in [0, 0.1) is 6.92 Å². The van der Waals surface area contributed by atoms with E-state index in [0.29, 0.717) is 5.82 Å². The van der Waals surface area contributed by atoms with Crippen molar-refractivity contribution >= 4 is 25.9 Å². The van der Waals surface area contributed by atoms with Crippen molar-refractivity contribution in [2.24, 2.45) is 19.2 Å². The maximum Gasteiger partial charge on any atom is 0.282 e. The molecular formula is C9H14N6O4S2. The molecule has 0 aliphatic carbocycles. The van der Waals surface area contributed by atoms with Crippen LogP contribution in [0.5, 0.6) is 0 Å². The average molecular weight is 334 g/mol. The van der Waals surface area contributed by atoms with Gasteiger partial charge in [-0.25, -0.2) is 18.5 Å². The van der Waals surface area contributed by atoms with E-state index >= 15 is 0 Å². The molecule has 2 aromatic heterocycles. The van der Waals surface area contributed by atoms with Crippen LogP contribution in [0.4, 0.5) is 5.82 Å². The molecule has 0 bridgehead atoms. The lowest BCUT2D eigenvalue weighted by Crippen LogP contribution is -2.18. The standard InChI is InChI=1S/C9H14N6O4S2/c1-6-11-8(5-14(6)2)21(18,19)13-9-7(20(10,16)17)4-15(3)12-9/h4-5H,1-3H3,(H,12,13)(H2,10,16,17). The van der Waals surface area contributed by atoms with Gasteiger partial charge in [0.25, 0.3) is 10.0 Å². The molecule has 10 nitrogen and oxygen atoms in total. The maximum absolute atomic E-state index is 12.2. The van der Waals surface area contributed by atoms with Gasteiger partial charge in [0.15, 0.2) is 10.8 Å². The van der Waals surface area contributed by atoms with E-state index in [0.717, 1.165) is 10.9 Å². The molecule has 0 atom stereocenters. The minimum absolute atomic E-state index is 0.242. The summed E-state index contributed by atoms with van der Waals surface area (Å²) in [5.41, 5.74) is 0. The summed E-state index contributed by atoms with van der Waals surface area (Å²) in [4.78, 5) is 3.46. The van der Waals surface area contributed by atoms with Crippen LogP contribution in [0.3, 0.4) is 0 Å². The van der Waals surface area contributed by atoms with Gasteiger partial charge in [-0.2, -0.15) is 13.5 Å². The van der Waals surface area contributed by atoms with Crippen LogP contribution in [0.25, 0.3) is 0 Å². The Labute approximate surface area is 121 Å². The van der Waals surface area contributed by atoms with Crippen LogP contribution in [0.2, 0.25) is 0 Å². The molecule has 0 aliphatic heterocycles. The number of sulfonamides is 2. The summed E-state index contributed by atoms with van der Waals surface area (Å²) < 4.78 is 51.9. The number of primary sulfonamides is 1. The van der Waals surface area contributed by atoms with Crippen LogP contribution >= 0.6 is 0 Å². The normalized spacial score (nSPS) is 12.6. The van der Waals surface area contributed by atoms with Crippen LogP contribution < -0.4 is 9.86 Å². The topological polar surface area (TPSA) is 142 Å². The van der Waals surface area contributed by atoms with Crippen LogP contribution in [0.1, 0.15) is 5.82 Å². The molecule has 0 fully saturated rings. The summed E-state index contributed by atoms with van der Waals surface area (Å²) in [6, 6.07) is 0. The summed E-state index contributed by atoms with van der Waals surface area (Å²) in [7, 11) is -5.09. The fourth-order valence-electron chi connectivity index (χ4n) is 1.58. The summed E-state index contributed by atoms with van der Waals surface area (Å²) in [6.45, 7) is 1.63. The summed E-state index contributed by atoms with van der Waals surface area (Å²) in [5, 5.41) is 8.53. The predicted octanol–water partition coefficient (Wildman–Crippen LogP) is -1.09. The first-order chi connectivity index (χ1) is 9.50. The van der Waals surface area contributed by atoms with Gasteiger partial charge in [0.05, 0.1) is 0 Å². The molecule has 3 N–H and O–H groups in total. The Morgan fingerprint density at radius 1 is 1.19 bits per heavy atom. The maximum atomic E-state index is 12.2. The Morgan fingerprint density at radius 3 is 2.29 bits per heavy atom. The summed E-state index contributed by atoms with van der Waals surface area (Å²) in [6.07, 6.45) is 2.41. The van der Waals surface area contributed by atoms with Gasteiger partial charge in [-0.15, -0.1) is 0 Å². The van der Waals surface area contributed by atoms with Crippen LogP contribution in [0.15, 0.2) is 22.3 Å². The quantitative estimate of drug-likeness (QED) is 0.727. The lowest BCUT2D eigenvalue weighted by Gasteiger charge is -2.04. The first-order valence-electron chi connectivity index (χ1n) is 5.60. The minimum atomic E-state index is -4.11. The van der Waals surface area contributed by atoms with Gasteiger partial charge in [-0.1, -0.05) is 0 Å². The van der Waals surface area contributed by atoms with Gasteiger partial charge in [-0.05, 0) is 6.92 Å². The molecule has 0 spiro atoms. The van der Waals surface area contributed by atoms with Crippen LogP contribution in [-0.4, -0.2) is 36.2 Å². The third-order valence-electron chi connectivity index (χ3n) is 2.69. The second-order valence-electron chi connectivity index (χ2n) is 4.40. The zero-order valence-corrected chi connectivity index (χ0v) is 13.1. The first-order valence-corrected chi connectivity index (χ1v) is 8.63. The highest BCUT2D eigenvalue weighted by atomic mass is 32.2. The molecule has 0 unspecified atom stereocenters. The largest absolute Gasteiger partial charge is 0.337 e. The summed E-state index contributed by atoms with van der Waals surface area (Å²) in [5.74, 6) is 0.117. The number of aryl methyl sites for hydroxylation is 3. The Balaban J connectivity index is 2.47. The van der Waals surface area contributed by atoms with E-state index in [1.165, 1.54) is 17.8 Å². The molecule has 0 radical (unpaired) electrons. The fourth-order valence-corrected chi connectivity index (χ4v) is 3.37. The van der Waals surface area contributed by atoms with Crippen molar-refractivity contribution in [1.29, 1.82) is 0 Å². The van der Waals surface area contributed by atoms with Gasteiger partial charge in [0.1, 0.15) is 10.7 Å². The highest BCUT2D eigenvalue weighted by molar-refractivity contribution is 7.93. The van der Waals surface area contributed by atoms with E-state index in [4.69, 9.17) is 5.14 Å². The smallest absolute Gasteiger partial charge is 0.282 e. The van der Waals surface area contributed by atoms with Crippen molar-refractivity contribution < 1.29 is 16.8 Å². The molecule has 12 heteroatoms. The van der Waals surface area contributed by atoms with E-state index in [9.17, 15) is 16.8 Å². The van der Waals surface area contributed by atoms with Crippen molar-refractivity contribution in [2.45, 2.75) is 16.8 Å². The second kappa shape index (κ2) is 4.82. The number of aromatic nitrogens is 4. The Bertz CT molecular complexity index is 873. The van der Waals surface area contributed by atoms with Gasteiger partial charge >= 0.3 is 0 Å². The minimum Gasteiger partial charge on any atom is -0.337 e. The highest BCUT2D eigenvalue weighted by Gasteiger charge is 2.25. The van der Waals surface area contributed by atoms with E-state index in [2.05, 4.69) is 14.8 Å². The lowest BCUT2D eigenvalue weighted by atomic mass is 10.7. The first kappa shape index (κ1) is 15.5. The molecule has 116 valence electrons. The average Bonchev–Trinajstić information content (AvgIpc) is 2.82. The molecule has 0 saturated carbocycles. The van der Waals surface area contributed by atoms with E-state index in [-0.39, 0.29) is 10.8 Å². The molecule has 21 heavy (non-hydrogen) atoms. The van der Waals surface area contributed by atoms with Gasteiger partial charge in [0, 0.05) is 26.5 Å². The number of nitrogens with one attached hydrogen (secondary N) is 1. The van der Waals surface area contributed by atoms with Gasteiger partial charge < -0.3 is 4.57 Å². The number of hydrogen-bond acceptors (Lipinski definition) is 6. The van der Waals surface area contributed by atoms with Crippen molar-refractivity contribution in [1.82, 2.24) is 19.3 Å². The Kier molecular flexibility index (Phi) is 3.55. The third-order valence-corrected chi connectivity index (χ3v) is 4.82. The van der Waals surface area contributed by atoms with Gasteiger partial charge in [0.2, 0.25) is 10.0 Å². The lowest BCUT2D eigenvalue weighted by molar-refractivity contribution is 0.597. The molecule has 0 saturated heterocycles. The van der Waals surface area contributed by atoms with Crippen LogP contribution in [-0.2, 0) is 34.1 Å². The third kappa shape index (κ3) is 3.06. The SMILES string of the molecule is Cc1nc(S(=O)(=O)Nc2nn(C)cc2S(N)(=O)=O)cn1C. The Hall–Kier alpha value is -1.92. The number of nitrogens with two attached hydrogens (primary N) is 1. The number of imidazole rings is 1. The summed E-state index contributed by atoms with van der Waals surface area (Å²) >= 11 is 0. The van der Waals surface area contributed by atoms with Crippen molar-refractivity contribution in [3.05, 3.63) is 18.2 Å². The van der Waals surface area contributed by atoms with Crippen molar-refractivity contribution in [2.75, 3.05) is 4.72 Å². The predicted molar refractivity (Wildman–Crippen MR) is 73.3 cm³/mol. The molecular weight excluding hydrogens is 320 g/mol. The zero-order chi connectivity index (χ0) is 16.0. The molecule has 2 heterocycles. The van der Waals surface area contributed by atoms with Crippen molar-refractivity contribution in [3.8, 4) is 0 Å². The van der Waals surface area contributed by atoms with Gasteiger partial charge in [-0.3, -0.25) is 9.40 Å². The Morgan fingerprint density at radius 2 is 1.81 bits per heavy atom.